The predicted molar refractivity (Wildman–Crippen MR) is 71.2 cm³/mol. The summed E-state index contributed by atoms with van der Waals surface area (Å²) in [5.41, 5.74) is 0.860. The number of hydrogen-bond acceptors (Lipinski definition) is 4. The van der Waals surface area contributed by atoms with Crippen LogP contribution in [0.15, 0.2) is 24.3 Å². The van der Waals surface area contributed by atoms with Crippen molar-refractivity contribution in [2.45, 2.75) is 19.1 Å². The zero-order valence-electron chi connectivity index (χ0n) is 10.9. The Bertz CT molecular complexity index is 506. The van der Waals surface area contributed by atoms with Gasteiger partial charge in [0.25, 0.3) is 0 Å². The lowest BCUT2D eigenvalue weighted by Gasteiger charge is -2.36. The quantitative estimate of drug-likeness (QED) is 0.652. The van der Waals surface area contributed by atoms with E-state index < -0.39 is 5.54 Å². The fraction of sp³-hybridized carbons (Fsp3) is 0.400. The summed E-state index contributed by atoms with van der Waals surface area (Å²) in [6, 6.07) is 7.68. The molecule has 0 radical (unpaired) electrons. The van der Waals surface area contributed by atoms with Gasteiger partial charge in [-0.2, -0.15) is 0 Å². The summed E-state index contributed by atoms with van der Waals surface area (Å²) >= 11 is 0. The Morgan fingerprint density at radius 2 is 2.37 bits per heavy atom. The number of carbonyl (C=O) groups is 1. The van der Waals surface area contributed by atoms with E-state index in [1.54, 1.807) is 6.92 Å². The molecule has 0 amide bonds. The normalized spacial score (nSPS) is 21.3. The van der Waals surface area contributed by atoms with Crippen molar-refractivity contribution < 1.29 is 14.3 Å². The monoisotopic (exact) mass is 259 g/mol. The topological polar surface area (TPSA) is 47.6 Å². The van der Waals surface area contributed by atoms with Crippen LogP contribution in [0.1, 0.15) is 18.1 Å². The van der Waals surface area contributed by atoms with Crippen LogP contribution in [0.5, 0.6) is 0 Å². The average molecular weight is 259 g/mol. The third-order valence-electron chi connectivity index (χ3n) is 3.17. The molecule has 1 aromatic rings. The van der Waals surface area contributed by atoms with Crippen LogP contribution in [0.4, 0.5) is 0 Å². The minimum atomic E-state index is -1.00. The second-order valence-corrected chi connectivity index (χ2v) is 4.33. The van der Waals surface area contributed by atoms with Gasteiger partial charge in [0.1, 0.15) is 0 Å². The smallest absolute Gasteiger partial charge is 0.333 e. The molecule has 0 aliphatic carbocycles. The van der Waals surface area contributed by atoms with E-state index in [1.165, 1.54) is 0 Å². The molecule has 1 heterocycles. The van der Waals surface area contributed by atoms with Crippen LogP contribution in [0.25, 0.3) is 0 Å². The number of ether oxygens (including phenoxy) is 2. The summed E-state index contributed by atoms with van der Waals surface area (Å²) in [6.07, 6.45) is 5.29. The molecule has 1 aliphatic heterocycles. The summed E-state index contributed by atoms with van der Waals surface area (Å²) in [4.78, 5) is 12.4. The van der Waals surface area contributed by atoms with Gasteiger partial charge >= 0.3 is 5.97 Å². The van der Waals surface area contributed by atoms with Crippen molar-refractivity contribution >= 4 is 5.97 Å². The van der Waals surface area contributed by atoms with Gasteiger partial charge in [0.15, 0.2) is 5.54 Å². The largest absolute Gasteiger partial charge is 0.464 e. The SMILES string of the molecule is C#CCNC1(C(=O)OCC)COCc2ccccc21. The first-order valence-electron chi connectivity index (χ1n) is 6.26. The number of esters is 1. The van der Waals surface area contributed by atoms with E-state index in [0.717, 1.165) is 11.1 Å². The summed E-state index contributed by atoms with van der Waals surface area (Å²) in [6.45, 7) is 3.10. The van der Waals surface area contributed by atoms with Gasteiger partial charge in [-0.3, -0.25) is 5.32 Å². The lowest BCUT2D eigenvalue weighted by molar-refractivity contribution is -0.156. The maximum atomic E-state index is 12.4. The van der Waals surface area contributed by atoms with E-state index in [4.69, 9.17) is 15.9 Å². The first-order valence-corrected chi connectivity index (χ1v) is 6.26. The van der Waals surface area contributed by atoms with Crippen molar-refractivity contribution in [2.24, 2.45) is 0 Å². The van der Waals surface area contributed by atoms with Crippen LogP contribution in [-0.2, 0) is 26.4 Å². The standard InChI is InChI=1S/C15H17NO3/c1-3-9-16-15(14(17)19-4-2)11-18-10-12-7-5-6-8-13(12)15/h1,5-8,16H,4,9-11H2,2H3. The van der Waals surface area contributed by atoms with Gasteiger partial charge in [0.05, 0.1) is 26.4 Å². The van der Waals surface area contributed by atoms with Gasteiger partial charge in [-0.05, 0) is 18.1 Å². The Hall–Kier alpha value is -1.83. The molecule has 0 spiro atoms. The summed E-state index contributed by atoms with van der Waals surface area (Å²) in [7, 11) is 0. The molecular formula is C15H17NO3. The molecule has 1 atom stereocenters. The third kappa shape index (κ3) is 2.48. The van der Waals surface area contributed by atoms with E-state index >= 15 is 0 Å². The Balaban J connectivity index is 2.44. The fourth-order valence-corrected chi connectivity index (χ4v) is 2.30. The Kier molecular flexibility index (Phi) is 4.20. The van der Waals surface area contributed by atoms with Crippen LogP contribution < -0.4 is 5.32 Å². The van der Waals surface area contributed by atoms with Crippen molar-refractivity contribution in [2.75, 3.05) is 19.8 Å². The van der Waals surface area contributed by atoms with Crippen molar-refractivity contribution in [3.05, 3.63) is 35.4 Å². The van der Waals surface area contributed by atoms with Gasteiger partial charge in [-0.25, -0.2) is 4.79 Å². The zero-order chi connectivity index (χ0) is 13.7. The van der Waals surface area contributed by atoms with E-state index in [9.17, 15) is 4.79 Å². The van der Waals surface area contributed by atoms with Crippen molar-refractivity contribution in [1.29, 1.82) is 0 Å². The Morgan fingerprint density at radius 3 is 3.11 bits per heavy atom. The van der Waals surface area contributed by atoms with E-state index in [2.05, 4.69) is 11.2 Å². The van der Waals surface area contributed by atoms with Crippen molar-refractivity contribution in [1.82, 2.24) is 5.32 Å². The Morgan fingerprint density at radius 1 is 1.58 bits per heavy atom. The van der Waals surface area contributed by atoms with E-state index in [-0.39, 0.29) is 19.1 Å². The molecule has 0 bridgehead atoms. The molecule has 1 aromatic carbocycles. The van der Waals surface area contributed by atoms with Crippen LogP contribution in [-0.4, -0.2) is 25.7 Å². The predicted octanol–water partition coefficient (Wildman–Crippen LogP) is 1.20. The van der Waals surface area contributed by atoms with Gasteiger partial charge in [-0.1, -0.05) is 30.2 Å². The molecule has 100 valence electrons. The minimum Gasteiger partial charge on any atom is -0.464 e. The maximum absolute atomic E-state index is 12.4. The molecule has 2 rings (SSSR count). The zero-order valence-corrected chi connectivity index (χ0v) is 10.9. The molecule has 19 heavy (non-hydrogen) atoms. The first-order chi connectivity index (χ1) is 9.24. The summed E-state index contributed by atoms with van der Waals surface area (Å²) in [5, 5.41) is 3.09. The second-order valence-electron chi connectivity index (χ2n) is 4.33. The number of rotatable bonds is 4. The minimum absolute atomic E-state index is 0.227. The number of fused-ring (bicyclic) bond motifs is 1. The highest BCUT2D eigenvalue weighted by Gasteiger charge is 2.45. The molecule has 0 aromatic heterocycles. The highest BCUT2D eigenvalue weighted by atomic mass is 16.5. The van der Waals surface area contributed by atoms with E-state index in [1.807, 2.05) is 24.3 Å². The Labute approximate surface area is 113 Å². The van der Waals surface area contributed by atoms with Crippen molar-refractivity contribution in [3.63, 3.8) is 0 Å². The van der Waals surface area contributed by atoms with Crippen LogP contribution in [0, 0.1) is 12.3 Å². The van der Waals surface area contributed by atoms with Crippen LogP contribution >= 0.6 is 0 Å². The average Bonchev–Trinajstić information content (AvgIpc) is 2.45. The lowest BCUT2D eigenvalue weighted by Crippen LogP contribution is -2.55. The molecule has 4 nitrogen and oxygen atoms in total. The van der Waals surface area contributed by atoms with Crippen molar-refractivity contribution in [3.8, 4) is 12.3 Å². The molecule has 1 aliphatic rings. The fourth-order valence-electron chi connectivity index (χ4n) is 2.30. The number of benzene rings is 1. The molecule has 0 saturated heterocycles. The molecule has 1 unspecified atom stereocenters. The lowest BCUT2D eigenvalue weighted by atomic mass is 9.85. The highest BCUT2D eigenvalue weighted by molar-refractivity contribution is 5.84. The molecule has 4 heteroatoms. The number of carbonyl (C=O) groups excluding carboxylic acids is 1. The maximum Gasteiger partial charge on any atom is 0.333 e. The highest BCUT2D eigenvalue weighted by Crippen LogP contribution is 2.31. The molecule has 0 fully saturated rings. The molecule has 0 saturated carbocycles. The number of hydrogen-bond donors (Lipinski definition) is 1. The number of terminal acetylenes is 1. The molecular weight excluding hydrogens is 242 g/mol. The first kappa shape index (κ1) is 13.6. The van der Waals surface area contributed by atoms with Crippen LogP contribution in [0.3, 0.4) is 0 Å². The number of nitrogens with one attached hydrogen (secondary N) is 1. The summed E-state index contributed by atoms with van der Waals surface area (Å²) < 4.78 is 10.7. The van der Waals surface area contributed by atoms with Gasteiger partial charge in [0.2, 0.25) is 0 Å². The van der Waals surface area contributed by atoms with Gasteiger partial charge < -0.3 is 9.47 Å². The van der Waals surface area contributed by atoms with E-state index in [0.29, 0.717) is 13.2 Å². The third-order valence-corrected chi connectivity index (χ3v) is 3.17. The van der Waals surface area contributed by atoms with Gasteiger partial charge in [0, 0.05) is 0 Å². The van der Waals surface area contributed by atoms with Gasteiger partial charge in [-0.15, -0.1) is 6.42 Å². The second kappa shape index (κ2) is 5.87. The molecule has 1 N–H and O–H groups in total. The summed E-state index contributed by atoms with van der Waals surface area (Å²) in [5.74, 6) is 2.14. The van der Waals surface area contributed by atoms with Crippen LogP contribution in [0.2, 0.25) is 0 Å².